The van der Waals surface area contributed by atoms with Crippen molar-refractivity contribution >= 4 is 11.7 Å². The average molecular weight is 397 g/mol. The number of ketones is 1. The number of aliphatic hydroxyl groups is 2. The van der Waals surface area contributed by atoms with Gasteiger partial charge in [-0.2, -0.15) is 0 Å². The molecule has 1 rings (SSSR count). The fourth-order valence-electron chi connectivity index (χ4n) is 2.39. The number of hydrogen-bond donors (Lipinski definition) is 5. The molecule has 0 saturated heterocycles. The summed E-state index contributed by atoms with van der Waals surface area (Å²) in [6.07, 6.45) is 0.298. The largest absolute Gasteiger partial charge is 0.506 e. The Balaban J connectivity index is 2.42. The van der Waals surface area contributed by atoms with Crippen LogP contribution < -0.4 is 10.6 Å². The van der Waals surface area contributed by atoms with Gasteiger partial charge < -0.3 is 30.7 Å². The summed E-state index contributed by atoms with van der Waals surface area (Å²) in [6.45, 7) is 4.99. The molecular formula is C19H31N3O6. The molecular weight excluding hydrogens is 366 g/mol. The second kappa shape index (κ2) is 11.1. The first-order valence-electron chi connectivity index (χ1n) is 9.11. The van der Waals surface area contributed by atoms with Crippen LogP contribution in [-0.2, 0) is 27.5 Å². The molecule has 1 atom stereocenters. The van der Waals surface area contributed by atoms with Crippen LogP contribution in [0.25, 0.3) is 0 Å². The van der Waals surface area contributed by atoms with Crippen molar-refractivity contribution in [3.63, 3.8) is 0 Å². The molecule has 9 nitrogen and oxygen atoms in total. The Morgan fingerprint density at radius 3 is 2.64 bits per heavy atom. The number of ether oxygens (including phenoxy) is 1. The van der Waals surface area contributed by atoms with Gasteiger partial charge in [0.1, 0.15) is 18.5 Å². The highest BCUT2D eigenvalue weighted by atomic mass is 16.5. The molecule has 0 unspecified atom stereocenters. The van der Waals surface area contributed by atoms with Crippen molar-refractivity contribution in [3.8, 4) is 5.75 Å². The highest BCUT2D eigenvalue weighted by Crippen LogP contribution is 2.24. The maximum atomic E-state index is 11.9. The minimum absolute atomic E-state index is 0.0543. The predicted octanol–water partition coefficient (Wildman–Crippen LogP) is -0.214. The molecule has 1 amide bonds. The van der Waals surface area contributed by atoms with Crippen LogP contribution in [0.4, 0.5) is 0 Å². The number of nitrogens with zero attached hydrogens (tertiary/aromatic N) is 1. The molecule has 0 aliphatic rings. The number of amides is 1. The van der Waals surface area contributed by atoms with E-state index in [4.69, 9.17) is 9.84 Å². The van der Waals surface area contributed by atoms with Crippen molar-refractivity contribution in [2.24, 2.45) is 5.41 Å². The van der Waals surface area contributed by atoms with Crippen molar-refractivity contribution in [1.82, 2.24) is 15.6 Å². The van der Waals surface area contributed by atoms with Gasteiger partial charge in [-0.05, 0) is 14.0 Å². The Morgan fingerprint density at radius 2 is 2.04 bits per heavy atom. The number of aromatic hydroxyl groups is 1. The number of hydrogen-bond acceptors (Lipinski definition) is 8. The Labute approximate surface area is 165 Å². The van der Waals surface area contributed by atoms with Crippen LogP contribution >= 0.6 is 0 Å². The van der Waals surface area contributed by atoms with Gasteiger partial charge >= 0.3 is 0 Å². The Kier molecular flexibility index (Phi) is 9.47. The monoisotopic (exact) mass is 397 g/mol. The summed E-state index contributed by atoms with van der Waals surface area (Å²) in [5, 5.41) is 34.6. The van der Waals surface area contributed by atoms with Crippen LogP contribution in [0, 0.1) is 12.3 Å². The highest BCUT2D eigenvalue weighted by Gasteiger charge is 2.32. The molecule has 28 heavy (non-hydrogen) atoms. The molecule has 5 N–H and O–H groups in total. The maximum absolute atomic E-state index is 11.9. The van der Waals surface area contributed by atoms with E-state index in [0.29, 0.717) is 23.4 Å². The number of pyridine rings is 1. The minimum atomic E-state index is -1.36. The van der Waals surface area contributed by atoms with Gasteiger partial charge in [0.2, 0.25) is 5.91 Å². The standard InChI is InChI=1S/C19H31N3O6/c1-12-16(25)15(8-20-4)13(7-22-12)9-28-10-14(24)5-6-21-18(27)17(26)19(2,3)11-23/h7,17,20,23,25-26H,5-6,8-11H2,1-4H3,(H,21,27)/t17-/m0/s1. The summed E-state index contributed by atoms with van der Waals surface area (Å²) in [4.78, 5) is 27.8. The number of nitrogens with one attached hydrogen (secondary N) is 2. The zero-order valence-corrected chi connectivity index (χ0v) is 16.9. The number of aryl methyl sites for hydroxylation is 1. The van der Waals surface area contributed by atoms with Crippen molar-refractivity contribution in [3.05, 3.63) is 23.0 Å². The molecule has 158 valence electrons. The van der Waals surface area contributed by atoms with Gasteiger partial charge in [0.05, 0.1) is 18.9 Å². The van der Waals surface area contributed by atoms with E-state index in [1.165, 1.54) is 0 Å². The summed E-state index contributed by atoms with van der Waals surface area (Å²) in [7, 11) is 1.76. The molecule has 0 saturated carbocycles. The van der Waals surface area contributed by atoms with Crippen LogP contribution in [0.15, 0.2) is 6.20 Å². The van der Waals surface area contributed by atoms with Crippen LogP contribution in [0.5, 0.6) is 5.75 Å². The number of Topliss-reactive ketones (excluding diaryl/α,β-unsaturated/α-hetero) is 1. The average Bonchev–Trinajstić information content (AvgIpc) is 2.66. The lowest BCUT2D eigenvalue weighted by atomic mass is 9.87. The molecule has 1 aromatic heterocycles. The number of carbonyl (C=O) groups excluding carboxylic acids is 2. The van der Waals surface area contributed by atoms with Crippen molar-refractivity contribution in [1.29, 1.82) is 0 Å². The predicted molar refractivity (Wildman–Crippen MR) is 103 cm³/mol. The fraction of sp³-hybridized carbons (Fsp3) is 0.632. The zero-order valence-electron chi connectivity index (χ0n) is 16.9. The minimum Gasteiger partial charge on any atom is -0.506 e. The number of carbonyl (C=O) groups is 2. The molecule has 0 aromatic carbocycles. The van der Waals surface area contributed by atoms with Crippen LogP contribution in [0.3, 0.4) is 0 Å². The molecule has 0 radical (unpaired) electrons. The normalized spacial score (nSPS) is 12.6. The molecule has 9 heteroatoms. The molecule has 1 aromatic rings. The van der Waals surface area contributed by atoms with E-state index >= 15 is 0 Å². The van der Waals surface area contributed by atoms with Gasteiger partial charge in [-0.1, -0.05) is 13.8 Å². The molecule has 0 aliphatic heterocycles. The SMILES string of the molecule is CNCc1c(COCC(=O)CCNC(=O)[C@H](O)C(C)(C)CO)cnc(C)c1O. The number of rotatable bonds is 12. The summed E-state index contributed by atoms with van der Waals surface area (Å²) >= 11 is 0. The van der Waals surface area contributed by atoms with Gasteiger partial charge in [0.15, 0.2) is 5.78 Å². The Bertz CT molecular complexity index is 678. The van der Waals surface area contributed by atoms with Crippen LogP contribution in [0.2, 0.25) is 0 Å². The van der Waals surface area contributed by atoms with E-state index in [9.17, 15) is 19.8 Å². The third-order valence-corrected chi connectivity index (χ3v) is 4.40. The van der Waals surface area contributed by atoms with E-state index in [1.807, 2.05) is 0 Å². The van der Waals surface area contributed by atoms with Gasteiger partial charge in [-0.25, -0.2) is 0 Å². The molecule has 1 heterocycles. The lowest BCUT2D eigenvalue weighted by molar-refractivity contribution is -0.137. The number of aliphatic hydroxyl groups excluding tert-OH is 2. The van der Waals surface area contributed by atoms with E-state index < -0.39 is 17.4 Å². The maximum Gasteiger partial charge on any atom is 0.249 e. The zero-order chi connectivity index (χ0) is 21.3. The lowest BCUT2D eigenvalue weighted by Gasteiger charge is -2.27. The van der Waals surface area contributed by atoms with E-state index in [0.717, 1.165) is 0 Å². The first-order valence-corrected chi connectivity index (χ1v) is 9.11. The van der Waals surface area contributed by atoms with E-state index in [-0.39, 0.29) is 44.3 Å². The van der Waals surface area contributed by atoms with Gasteiger partial charge in [0.25, 0.3) is 0 Å². The Morgan fingerprint density at radius 1 is 1.36 bits per heavy atom. The fourth-order valence-corrected chi connectivity index (χ4v) is 2.39. The first kappa shape index (κ1) is 24.0. The lowest BCUT2D eigenvalue weighted by Crippen LogP contribution is -2.46. The van der Waals surface area contributed by atoms with Gasteiger partial charge in [-0.3, -0.25) is 14.6 Å². The third kappa shape index (κ3) is 6.83. The van der Waals surface area contributed by atoms with E-state index in [2.05, 4.69) is 15.6 Å². The molecule has 0 fully saturated rings. The summed E-state index contributed by atoms with van der Waals surface area (Å²) in [6, 6.07) is 0. The summed E-state index contributed by atoms with van der Waals surface area (Å²) in [5.74, 6) is -0.741. The first-order chi connectivity index (χ1) is 13.1. The van der Waals surface area contributed by atoms with Crippen molar-refractivity contribution in [2.45, 2.75) is 46.4 Å². The van der Waals surface area contributed by atoms with Crippen LogP contribution in [0.1, 0.15) is 37.1 Å². The topological polar surface area (TPSA) is 141 Å². The molecule has 0 spiro atoms. The molecule has 0 aliphatic carbocycles. The summed E-state index contributed by atoms with van der Waals surface area (Å²) in [5.41, 5.74) is 0.922. The summed E-state index contributed by atoms with van der Waals surface area (Å²) < 4.78 is 5.42. The van der Waals surface area contributed by atoms with Gasteiger partial charge in [0, 0.05) is 42.2 Å². The van der Waals surface area contributed by atoms with Gasteiger partial charge in [-0.15, -0.1) is 0 Å². The quantitative estimate of drug-likeness (QED) is 0.326. The molecule has 0 bridgehead atoms. The van der Waals surface area contributed by atoms with Crippen molar-refractivity contribution < 1.29 is 29.6 Å². The van der Waals surface area contributed by atoms with E-state index in [1.54, 1.807) is 34.0 Å². The highest BCUT2D eigenvalue weighted by molar-refractivity contribution is 5.83. The Hall–Kier alpha value is -2.07. The second-order valence-corrected chi connectivity index (χ2v) is 7.35. The van der Waals surface area contributed by atoms with Crippen molar-refractivity contribution in [2.75, 3.05) is 26.8 Å². The smallest absolute Gasteiger partial charge is 0.249 e. The van der Waals surface area contributed by atoms with Crippen LogP contribution in [-0.4, -0.2) is 64.9 Å². The third-order valence-electron chi connectivity index (χ3n) is 4.40. The number of aromatic nitrogens is 1. The second-order valence-electron chi connectivity index (χ2n) is 7.35.